The van der Waals surface area contributed by atoms with Crippen LogP contribution in [0, 0.1) is 0 Å². The van der Waals surface area contributed by atoms with Crippen molar-refractivity contribution in [2.75, 3.05) is 6.61 Å². The largest absolute Gasteiger partial charge is 0.370 e. The summed E-state index contributed by atoms with van der Waals surface area (Å²) in [6.45, 7) is 3.22. The van der Waals surface area contributed by atoms with Gasteiger partial charge in [0.05, 0.1) is 12.7 Å². The summed E-state index contributed by atoms with van der Waals surface area (Å²) >= 11 is 0. The van der Waals surface area contributed by atoms with Crippen molar-refractivity contribution >= 4 is 0 Å². The average Bonchev–Trinajstić information content (AvgIpc) is 3.14. The van der Waals surface area contributed by atoms with Gasteiger partial charge < -0.3 is 9.47 Å². The molecule has 2 heterocycles. The highest BCUT2D eigenvalue weighted by Gasteiger charge is 2.50. The Morgan fingerprint density at radius 3 is 2.19 bits per heavy atom. The molecule has 0 aromatic heterocycles. The topological polar surface area (TPSA) is 25.1 Å². The highest BCUT2D eigenvalue weighted by molar-refractivity contribution is 4.96. The molecule has 0 saturated carbocycles. The molecular formula is C14H26O2. The average molecular weight is 226 g/mol. The molecule has 2 rings (SSSR count). The predicted octanol–water partition coefficient (Wildman–Crippen LogP) is 3.68. The van der Waals surface area contributed by atoms with Gasteiger partial charge in [-0.15, -0.1) is 0 Å². The number of rotatable bonds is 10. The summed E-state index contributed by atoms with van der Waals surface area (Å²) in [5.74, 6) is 0. The van der Waals surface area contributed by atoms with Crippen molar-refractivity contribution in [1.29, 1.82) is 0 Å². The van der Waals surface area contributed by atoms with Gasteiger partial charge in [0.2, 0.25) is 0 Å². The van der Waals surface area contributed by atoms with Crippen molar-refractivity contribution in [3.8, 4) is 0 Å². The lowest BCUT2D eigenvalue weighted by Gasteiger charge is -2.00. The Hall–Kier alpha value is -0.0800. The summed E-state index contributed by atoms with van der Waals surface area (Å²) in [5.41, 5.74) is 0. The maximum atomic E-state index is 5.58. The Morgan fingerprint density at radius 2 is 1.56 bits per heavy atom. The van der Waals surface area contributed by atoms with Crippen LogP contribution in [0.1, 0.15) is 64.7 Å². The van der Waals surface area contributed by atoms with Gasteiger partial charge in [-0.3, -0.25) is 0 Å². The normalized spacial score (nSPS) is 31.7. The Labute approximate surface area is 99.7 Å². The highest BCUT2D eigenvalue weighted by atomic mass is 16.7. The predicted molar refractivity (Wildman–Crippen MR) is 65.6 cm³/mol. The Bertz CT molecular complexity index is 189. The Kier molecular flexibility index (Phi) is 5.11. The molecule has 0 radical (unpaired) electrons. The first-order valence-corrected chi connectivity index (χ1v) is 7.19. The number of unbranched alkanes of at least 4 members (excludes halogenated alkanes) is 7. The van der Waals surface area contributed by atoms with Crippen LogP contribution in [-0.4, -0.2) is 24.9 Å². The third kappa shape index (κ3) is 4.42. The van der Waals surface area contributed by atoms with Crippen LogP contribution < -0.4 is 0 Å². The van der Waals surface area contributed by atoms with Gasteiger partial charge in [-0.2, -0.15) is 0 Å². The standard InChI is InChI=1S/C14H26O2/c1-2-3-4-5-6-7-8-9-10-12-14(16-12)13-11-15-13/h12-14H,2-11H2,1H3. The van der Waals surface area contributed by atoms with Gasteiger partial charge in [0.25, 0.3) is 0 Å². The lowest BCUT2D eigenvalue weighted by molar-refractivity contribution is 0.311. The minimum atomic E-state index is 0.471. The molecule has 0 bridgehead atoms. The van der Waals surface area contributed by atoms with Gasteiger partial charge in [0.15, 0.2) is 0 Å². The lowest BCUT2D eigenvalue weighted by Crippen LogP contribution is -2.01. The van der Waals surface area contributed by atoms with Gasteiger partial charge in [0.1, 0.15) is 12.2 Å². The van der Waals surface area contributed by atoms with Crippen molar-refractivity contribution < 1.29 is 9.47 Å². The van der Waals surface area contributed by atoms with E-state index in [-0.39, 0.29) is 0 Å². The molecule has 0 aromatic rings. The van der Waals surface area contributed by atoms with E-state index in [1.165, 1.54) is 57.8 Å². The summed E-state index contributed by atoms with van der Waals surface area (Å²) in [6.07, 6.45) is 14.0. The first-order valence-electron chi connectivity index (χ1n) is 7.19. The monoisotopic (exact) mass is 226 g/mol. The van der Waals surface area contributed by atoms with E-state index in [1.807, 2.05) is 0 Å². The van der Waals surface area contributed by atoms with E-state index in [0.29, 0.717) is 18.3 Å². The van der Waals surface area contributed by atoms with Crippen LogP contribution in [-0.2, 0) is 9.47 Å². The Morgan fingerprint density at radius 1 is 0.938 bits per heavy atom. The fraction of sp³-hybridized carbons (Fsp3) is 1.00. The zero-order valence-electron chi connectivity index (χ0n) is 10.6. The van der Waals surface area contributed by atoms with E-state index < -0.39 is 0 Å². The second kappa shape index (κ2) is 6.61. The minimum absolute atomic E-state index is 0.471. The fourth-order valence-electron chi connectivity index (χ4n) is 2.44. The maximum Gasteiger partial charge on any atom is 0.112 e. The highest BCUT2D eigenvalue weighted by Crippen LogP contribution is 2.36. The smallest absolute Gasteiger partial charge is 0.112 e. The molecular weight excluding hydrogens is 200 g/mol. The first-order chi connectivity index (χ1) is 7.92. The van der Waals surface area contributed by atoms with E-state index in [2.05, 4.69) is 6.92 Å². The summed E-state index contributed by atoms with van der Waals surface area (Å²) in [7, 11) is 0. The quantitative estimate of drug-likeness (QED) is 0.419. The van der Waals surface area contributed by atoms with E-state index >= 15 is 0 Å². The fourth-order valence-corrected chi connectivity index (χ4v) is 2.44. The van der Waals surface area contributed by atoms with Crippen molar-refractivity contribution in [2.45, 2.75) is 83.0 Å². The Balaban J connectivity index is 1.31. The van der Waals surface area contributed by atoms with Gasteiger partial charge in [-0.1, -0.05) is 58.3 Å². The molecule has 0 spiro atoms. The molecule has 2 aliphatic rings. The number of epoxide rings is 2. The summed E-state index contributed by atoms with van der Waals surface area (Å²) < 4.78 is 10.8. The second-order valence-electron chi connectivity index (χ2n) is 5.27. The van der Waals surface area contributed by atoms with Gasteiger partial charge in [-0.25, -0.2) is 0 Å². The molecule has 0 amide bonds. The molecule has 16 heavy (non-hydrogen) atoms. The maximum absolute atomic E-state index is 5.58. The lowest BCUT2D eigenvalue weighted by atomic mass is 10.1. The molecule has 2 saturated heterocycles. The van der Waals surface area contributed by atoms with Crippen LogP contribution in [0.25, 0.3) is 0 Å². The molecule has 94 valence electrons. The molecule has 3 atom stereocenters. The van der Waals surface area contributed by atoms with Gasteiger partial charge in [-0.05, 0) is 6.42 Å². The van der Waals surface area contributed by atoms with Crippen LogP contribution in [0.4, 0.5) is 0 Å². The van der Waals surface area contributed by atoms with Crippen LogP contribution >= 0.6 is 0 Å². The third-order valence-corrected chi connectivity index (χ3v) is 3.69. The van der Waals surface area contributed by atoms with Crippen LogP contribution in [0.5, 0.6) is 0 Å². The molecule has 2 aliphatic heterocycles. The van der Waals surface area contributed by atoms with Crippen molar-refractivity contribution in [1.82, 2.24) is 0 Å². The molecule has 0 N–H and O–H groups in total. The van der Waals surface area contributed by atoms with Crippen LogP contribution in [0.15, 0.2) is 0 Å². The van der Waals surface area contributed by atoms with E-state index in [9.17, 15) is 0 Å². The number of hydrogen-bond donors (Lipinski definition) is 0. The summed E-state index contributed by atoms with van der Waals surface area (Å²) in [4.78, 5) is 0. The van der Waals surface area contributed by atoms with E-state index in [4.69, 9.17) is 9.47 Å². The van der Waals surface area contributed by atoms with Gasteiger partial charge in [0, 0.05) is 0 Å². The van der Waals surface area contributed by atoms with E-state index in [1.54, 1.807) is 0 Å². The molecule has 2 nitrogen and oxygen atoms in total. The zero-order chi connectivity index (χ0) is 11.2. The van der Waals surface area contributed by atoms with Gasteiger partial charge >= 0.3 is 0 Å². The number of ether oxygens (including phenoxy) is 2. The SMILES string of the molecule is CCCCCCCCCCC1OC1C1CO1. The molecule has 0 aromatic carbocycles. The van der Waals surface area contributed by atoms with Crippen molar-refractivity contribution in [3.63, 3.8) is 0 Å². The van der Waals surface area contributed by atoms with Crippen molar-refractivity contribution in [3.05, 3.63) is 0 Å². The summed E-state index contributed by atoms with van der Waals surface area (Å²) in [6, 6.07) is 0. The molecule has 2 heteroatoms. The minimum Gasteiger partial charge on any atom is -0.370 e. The third-order valence-electron chi connectivity index (χ3n) is 3.69. The zero-order valence-corrected chi connectivity index (χ0v) is 10.6. The number of hydrogen-bond acceptors (Lipinski definition) is 2. The van der Waals surface area contributed by atoms with Crippen LogP contribution in [0.3, 0.4) is 0 Å². The summed E-state index contributed by atoms with van der Waals surface area (Å²) in [5, 5.41) is 0. The second-order valence-corrected chi connectivity index (χ2v) is 5.27. The van der Waals surface area contributed by atoms with Crippen LogP contribution in [0.2, 0.25) is 0 Å². The van der Waals surface area contributed by atoms with E-state index in [0.717, 1.165) is 6.61 Å². The first kappa shape index (κ1) is 12.4. The molecule has 2 fully saturated rings. The molecule has 0 aliphatic carbocycles. The van der Waals surface area contributed by atoms with Crippen molar-refractivity contribution in [2.24, 2.45) is 0 Å². The molecule has 3 unspecified atom stereocenters.